The van der Waals surface area contributed by atoms with Crippen molar-refractivity contribution in [2.75, 3.05) is 0 Å². The van der Waals surface area contributed by atoms with Crippen LogP contribution in [0.1, 0.15) is 91.4 Å². The van der Waals surface area contributed by atoms with Gasteiger partial charge in [0.15, 0.2) is 0 Å². The topological polar surface area (TPSA) is 63.3 Å². The normalized spacial score (nSPS) is 48.8. The summed E-state index contributed by atoms with van der Waals surface area (Å²) in [6.07, 6.45) is 14.2. The Bertz CT molecular complexity index is 577. The van der Waals surface area contributed by atoms with Gasteiger partial charge in [-0.25, -0.2) is 0 Å². The van der Waals surface area contributed by atoms with E-state index in [0.717, 1.165) is 23.7 Å². The van der Waals surface area contributed by atoms with Crippen molar-refractivity contribution in [3.63, 3.8) is 0 Å². The molecule has 4 aliphatic carbocycles. The molecule has 0 heterocycles. The molecule has 0 aromatic heterocycles. The summed E-state index contributed by atoms with van der Waals surface area (Å²) in [4.78, 5) is 11.2. The molecule has 0 aromatic carbocycles. The third-order valence-electron chi connectivity index (χ3n) is 10.4. The van der Waals surface area contributed by atoms with Crippen LogP contribution in [0.15, 0.2) is 0 Å². The number of carbonyl (C=O) groups is 1. The second-order valence-corrected chi connectivity index (χ2v) is 11.3. The van der Waals surface area contributed by atoms with Crippen molar-refractivity contribution in [1.29, 1.82) is 0 Å². The maximum absolute atomic E-state index is 11.2. The van der Waals surface area contributed by atoms with Gasteiger partial charge in [-0.3, -0.25) is 4.79 Å². The predicted molar refractivity (Wildman–Crippen MR) is 109 cm³/mol. The third-order valence-corrected chi connectivity index (χ3v) is 10.4. The molecule has 4 rings (SSSR count). The largest absolute Gasteiger partial charge is 0.481 e. The average molecular weight is 376 g/mol. The molecule has 0 amide bonds. The summed E-state index contributed by atoms with van der Waals surface area (Å²) in [5.41, 5.74) is 7.32. The lowest BCUT2D eigenvalue weighted by molar-refractivity contribution is -0.138. The van der Waals surface area contributed by atoms with Gasteiger partial charge in [-0.1, -0.05) is 33.6 Å². The first-order valence-electron chi connectivity index (χ1n) is 11.7. The third kappa shape index (κ3) is 3.07. The molecular weight excluding hydrogens is 334 g/mol. The number of hydrogen-bond acceptors (Lipinski definition) is 2. The molecule has 4 fully saturated rings. The zero-order valence-corrected chi connectivity index (χ0v) is 17.8. The Kier molecular flexibility index (Phi) is 5.15. The van der Waals surface area contributed by atoms with Crippen molar-refractivity contribution in [3.05, 3.63) is 0 Å². The van der Waals surface area contributed by atoms with Crippen molar-refractivity contribution >= 4 is 5.97 Å². The van der Waals surface area contributed by atoms with Gasteiger partial charge in [-0.15, -0.1) is 0 Å². The molecule has 0 aromatic rings. The van der Waals surface area contributed by atoms with Gasteiger partial charge in [0.2, 0.25) is 0 Å². The minimum Gasteiger partial charge on any atom is -0.481 e. The number of carboxylic acid groups (broad SMARTS) is 1. The fraction of sp³-hybridized carbons (Fsp3) is 0.958. The van der Waals surface area contributed by atoms with E-state index in [1.807, 2.05) is 0 Å². The summed E-state index contributed by atoms with van der Waals surface area (Å²) in [6, 6.07) is -0.201. The highest BCUT2D eigenvalue weighted by Gasteiger charge is 2.60. The van der Waals surface area contributed by atoms with Crippen LogP contribution >= 0.6 is 0 Å². The van der Waals surface area contributed by atoms with E-state index in [0.29, 0.717) is 22.7 Å². The summed E-state index contributed by atoms with van der Waals surface area (Å²) >= 11 is 0. The van der Waals surface area contributed by atoms with Crippen LogP contribution in [0.4, 0.5) is 0 Å². The first-order chi connectivity index (χ1) is 12.8. The number of nitrogens with two attached hydrogens (primary N) is 1. The molecule has 3 nitrogen and oxygen atoms in total. The minimum atomic E-state index is -0.749. The molecule has 4 aliphatic rings. The zero-order valence-electron chi connectivity index (χ0n) is 17.8. The summed E-state index contributed by atoms with van der Waals surface area (Å²) in [5.74, 6) is 3.86. The standard InChI is InChI=1S/C24H41NO2/c1-15(21(25)14-22(26)27)18-9-10-19-17-8-7-16-6-4-5-12-23(16,2)20(17)11-13-24(18,19)3/h15-21H,4-14,25H2,1-3H3,(H,26,27)/t15-,16?,17-,18+,19-,20-,21?,23-,24+/m0/s1. The van der Waals surface area contributed by atoms with Gasteiger partial charge in [0.05, 0.1) is 6.42 Å². The molecule has 3 N–H and O–H groups in total. The highest BCUT2D eigenvalue weighted by molar-refractivity contribution is 5.67. The molecule has 2 unspecified atom stereocenters. The molecule has 4 saturated carbocycles. The van der Waals surface area contributed by atoms with Gasteiger partial charge < -0.3 is 10.8 Å². The first kappa shape index (κ1) is 19.7. The van der Waals surface area contributed by atoms with Gasteiger partial charge >= 0.3 is 5.97 Å². The fourth-order valence-corrected chi connectivity index (χ4v) is 8.89. The molecule has 0 spiro atoms. The summed E-state index contributed by atoms with van der Waals surface area (Å²) in [6.45, 7) is 7.43. The van der Waals surface area contributed by atoms with E-state index in [9.17, 15) is 9.90 Å². The maximum atomic E-state index is 11.2. The van der Waals surface area contributed by atoms with Crippen LogP contribution in [0.2, 0.25) is 0 Å². The molecule has 0 saturated heterocycles. The quantitative estimate of drug-likeness (QED) is 0.684. The second-order valence-electron chi connectivity index (χ2n) is 11.3. The van der Waals surface area contributed by atoms with Crippen LogP contribution in [-0.2, 0) is 4.79 Å². The molecule has 0 aliphatic heterocycles. The van der Waals surface area contributed by atoms with Crippen molar-refractivity contribution in [2.24, 2.45) is 52.1 Å². The zero-order chi connectivity index (χ0) is 19.4. The average Bonchev–Trinajstić information content (AvgIpc) is 2.97. The lowest BCUT2D eigenvalue weighted by Crippen LogP contribution is -2.53. The summed E-state index contributed by atoms with van der Waals surface area (Å²) < 4.78 is 0. The molecular formula is C24H41NO2. The highest BCUT2D eigenvalue weighted by atomic mass is 16.4. The van der Waals surface area contributed by atoms with E-state index in [1.54, 1.807) is 0 Å². The Morgan fingerprint density at radius 3 is 2.48 bits per heavy atom. The lowest BCUT2D eigenvalue weighted by Gasteiger charge is -2.61. The smallest absolute Gasteiger partial charge is 0.304 e. The number of rotatable bonds is 4. The molecule has 154 valence electrons. The Hall–Kier alpha value is -0.570. The van der Waals surface area contributed by atoms with Crippen LogP contribution in [0, 0.1) is 46.3 Å². The number of fused-ring (bicyclic) bond motifs is 5. The van der Waals surface area contributed by atoms with Crippen molar-refractivity contribution in [3.8, 4) is 0 Å². The van der Waals surface area contributed by atoms with E-state index < -0.39 is 5.97 Å². The van der Waals surface area contributed by atoms with Gasteiger partial charge in [0.1, 0.15) is 0 Å². The number of hydrogen-bond donors (Lipinski definition) is 2. The van der Waals surface area contributed by atoms with E-state index in [1.165, 1.54) is 64.2 Å². The Morgan fingerprint density at radius 1 is 1.00 bits per heavy atom. The van der Waals surface area contributed by atoms with Crippen molar-refractivity contribution in [1.82, 2.24) is 0 Å². The first-order valence-corrected chi connectivity index (χ1v) is 11.7. The second kappa shape index (κ2) is 7.04. The molecule has 27 heavy (non-hydrogen) atoms. The Morgan fingerprint density at radius 2 is 1.74 bits per heavy atom. The SMILES string of the molecule is C[C@H](C(N)CC(=O)O)[C@H]1CC[C@H]2[C@@H]3CCC4CCCC[C@]4(C)[C@H]3CC[C@]12C. The van der Waals surface area contributed by atoms with E-state index in [-0.39, 0.29) is 12.5 Å². The van der Waals surface area contributed by atoms with Gasteiger partial charge in [-0.2, -0.15) is 0 Å². The fourth-order valence-electron chi connectivity index (χ4n) is 8.89. The van der Waals surface area contributed by atoms with Crippen LogP contribution in [0.5, 0.6) is 0 Å². The number of carboxylic acids is 1. The van der Waals surface area contributed by atoms with Gasteiger partial charge in [0, 0.05) is 6.04 Å². The van der Waals surface area contributed by atoms with Crippen LogP contribution in [0.25, 0.3) is 0 Å². The van der Waals surface area contributed by atoms with E-state index in [4.69, 9.17) is 5.73 Å². The maximum Gasteiger partial charge on any atom is 0.304 e. The predicted octanol–water partition coefficient (Wildman–Crippen LogP) is 5.47. The van der Waals surface area contributed by atoms with Crippen molar-refractivity contribution < 1.29 is 9.90 Å². The van der Waals surface area contributed by atoms with E-state index in [2.05, 4.69) is 20.8 Å². The molecule has 0 radical (unpaired) electrons. The summed E-state index contributed by atoms with van der Waals surface area (Å²) in [7, 11) is 0. The van der Waals surface area contributed by atoms with Crippen molar-refractivity contribution in [2.45, 2.75) is 97.4 Å². The molecule has 3 heteroatoms. The lowest BCUT2D eigenvalue weighted by atomic mass is 9.44. The molecule has 9 atom stereocenters. The number of aliphatic carboxylic acids is 1. The van der Waals surface area contributed by atoms with Crippen LogP contribution in [-0.4, -0.2) is 17.1 Å². The van der Waals surface area contributed by atoms with Crippen LogP contribution < -0.4 is 5.73 Å². The minimum absolute atomic E-state index is 0.115. The Balaban J connectivity index is 1.54. The van der Waals surface area contributed by atoms with E-state index >= 15 is 0 Å². The van der Waals surface area contributed by atoms with Crippen LogP contribution in [0.3, 0.4) is 0 Å². The highest BCUT2D eigenvalue weighted by Crippen LogP contribution is 2.68. The van der Waals surface area contributed by atoms with Gasteiger partial charge in [-0.05, 0) is 97.7 Å². The van der Waals surface area contributed by atoms with Gasteiger partial charge in [0.25, 0.3) is 0 Å². The monoisotopic (exact) mass is 375 g/mol. The summed E-state index contributed by atoms with van der Waals surface area (Å²) in [5, 5.41) is 9.19. The molecule has 0 bridgehead atoms. The Labute approximate surface area is 165 Å².